The number of hydrogen-bond acceptors (Lipinski definition) is 4. The normalized spacial score (nSPS) is 13.0. The SMILES string of the molecule is Cc1coc(N(C)[C@H](C)CO)n1. The molecule has 0 radical (unpaired) electrons. The van der Waals surface area contributed by atoms with E-state index in [-0.39, 0.29) is 12.6 Å². The first-order valence-electron chi connectivity index (χ1n) is 3.91. The van der Waals surface area contributed by atoms with Crippen molar-refractivity contribution in [1.82, 2.24) is 4.98 Å². The monoisotopic (exact) mass is 170 g/mol. The lowest BCUT2D eigenvalue weighted by Gasteiger charge is -2.20. The van der Waals surface area contributed by atoms with E-state index in [4.69, 9.17) is 9.52 Å². The Bertz CT molecular complexity index is 247. The Labute approximate surface area is 71.8 Å². The van der Waals surface area contributed by atoms with E-state index in [9.17, 15) is 0 Å². The van der Waals surface area contributed by atoms with Gasteiger partial charge in [0, 0.05) is 7.05 Å². The van der Waals surface area contributed by atoms with Gasteiger partial charge in [0.1, 0.15) is 6.26 Å². The molecule has 12 heavy (non-hydrogen) atoms. The second-order valence-corrected chi connectivity index (χ2v) is 2.91. The fourth-order valence-electron chi connectivity index (χ4n) is 0.815. The van der Waals surface area contributed by atoms with Crippen molar-refractivity contribution in [2.75, 3.05) is 18.6 Å². The summed E-state index contributed by atoms with van der Waals surface area (Å²) in [6.45, 7) is 3.86. The van der Waals surface area contributed by atoms with Gasteiger partial charge >= 0.3 is 0 Å². The van der Waals surface area contributed by atoms with E-state index in [1.54, 1.807) is 11.2 Å². The molecule has 1 aromatic rings. The summed E-state index contributed by atoms with van der Waals surface area (Å²) in [7, 11) is 1.84. The van der Waals surface area contributed by atoms with Gasteiger partial charge in [0.05, 0.1) is 18.3 Å². The molecule has 1 atom stereocenters. The first kappa shape index (κ1) is 9.06. The van der Waals surface area contributed by atoms with Gasteiger partial charge in [0.25, 0.3) is 6.01 Å². The quantitative estimate of drug-likeness (QED) is 0.729. The summed E-state index contributed by atoms with van der Waals surface area (Å²) in [5.74, 6) is 0. The zero-order chi connectivity index (χ0) is 9.14. The van der Waals surface area contributed by atoms with Crippen molar-refractivity contribution < 1.29 is 9.52 Å². The highest BCUT2D eigenvalue weighted by Gasteiger charge is 2.12. The van der Waals surface area contributed by atoms with Gasteiger partial charge in [-0.15, -0.1) is 0 Å². The Morgan fingerprint density at radius 3 is 2.83 bits per heavy atom. The third-order valence-electron chi connectivity index (χ3n) is 1.83. The summed E-state index contributed by atoms with van der Waals surface area (Å²) in [4.78, 5) is 5.93. The molecule has 0 bridgehead atoms. The van der Waals surface area contributed by atoms with Crippen molar-refractivity contribution in [3.05, 3.63) is 12.0 Å². The first-order chi connectivity index (χ1) is 5.65. The highest BCUT2D eigenvalue weighted by atomic mass is 16.4. The molecule has 1 aromatic heterocycles. The lowest BCUT2D eigenvalue weighted by molar-refractivity contribution is 0.266. The Balaban J connectivity index is 2.70. The molecule has 1 rings (SSSR count). The first-order valence-corrected chi connectivity index (χ1v) is 3.91. The number of aryl methyl sites for hydroxylation is 1. The van der Waals surface area contributed by atoms with E-state index in [2.05, 4.69) is 4.98 Å². The van der Waals surface area contributed by atoms with Crippen molar-refractivity contribution in [3.63, 3.8) is 0 Å². The fraction of sp³-hybridized carbons (Fsp3) is 0.625. The number of likely N-dealkylation sites (N-methyl/N-ethyl adjacent to an activating group) is 1. The molecule has 0 unspecified atom stereocenters. The summed E-state index contributed by atoms with van der Waals surface area (Å²) in [5, 5.41) is 8.86. The summed E-state index contributed by atoms with van der Waals surface area (Å²) in [6.07, 6.45) is 1.59. The lowest BCUT2D eigenvalue weighted by atomic mass is 10.3. The topological polar surface area (TPSA) is 49.5 Å². The van der Waals surface area contributed by atoms with Gasteiger partial charge < -0.3 is 14.4 Å². The minimum absolute atomic E-state index is 0.0306. The number of nitrogens with zero attached hydrogens (tertiary/aromatic N) is 2. The van der Waals surface area contributed by atoms with Crippen LogP contribution in [0.2, 0.25) is 0 Å². The predicted octanol–water partition coefficient (Wildman–Crippen LogP) is 0.800. The molecule has 1 heterocycles. The third kappa shape index (κ3) is 1.76. The molecule has 68 valence electrons. The zero-order valence-electron chi connectivity index (χ0n) is 7.61. The molecule has 0 amide bonds. The Hall–Kier alpha value is -1.03. The average molecular weight is 170 g/mol. The molecule has 0 fully saturated rings. The summed E-state index contributed by atoms with van der Waals surface area (Å²) in [6, 6.07) is 0.581. The van der Waals surface area contributed by atoms with Crippen LogP contribution in [0.15, 0.2) is 10.7 Å². The number of anilines is 1. The van der Waals surface area contributed by atoms with Gasteiger partial charge in [-0.3, -0.25) is 0 Å². The molecule has 0 aromatic carbocycles. The maximum absolute atomic E-state index is 8.86. The van der Waals surface area contributed by atoms with Crippen molar-refractivity contribution in [2.45, 2.75) is 19.9 Å². The Kier molecular flexibility index (Phi) is 2.70. The van der Waals surface area contributed by atoms with E-state index < -0.39 is 0 Å². The standard InChI is InChI=1S/C8H14N2O2/c1-6-5-12-8(9-6)10(3)7(2)4-11/h5,7,11H,4H2,1-3H3/t7-/m1/s1. The minimum atomic E-state index is 0.0306. The van der Waals surface area contributed by atoms with Gasteiger partial charge in [0.2, 0.25) is 0 Å². The molecule has 1 N–H and O–H groups in total. The van der Waals surface area contributed by atoms with Crippen LogP contribution >= 0.6 is 0 Å². The molecule has 0 spiro atoms. The average Bonchev–Trinajstić information content (AvgIpc) is 2.49. The minimum Gasteiger partial charge on any atom is -0.432 e. The molecule has 0 aliphatic carbocycles. The van der Waals surface area contributed by atoms with Gasteiger partial charge in [-0.1, -0.05) is 0 Å². The lowest BCUT2D eigenvalue weighted by Crippen LogP contribution is -2.31. The van der Waals surface area contributed by atoms with Crippen LogP contribution in [0.1, 0.15) is 12.6 Å². The van der Waals surface area contributed by atoms with Crippen LogP contribution < -0.4 is 4.90 Å². The predicted molar refractivity (Wildman–Crippen MR) is 46.2 cm³/mol. The second-order valence-electron chi connectivity index (χ2n) is 2.91. The summed E-state index contributed by atoms with van der Waals surface area (Å²) < 4.78 is 5.15. The molecular weight excluding hydrogens is 156 g/mol. The van der Waals surface area contributed by atoms with Gasteiger partial charge in [-0.2, -0.15) is 4.98 Å². The Morgan fingerprint density at radius 1 is 1.75 bits per heavy atom. The maximum Gasteiger partial charge on any atom is 0.297 e. The second kappa shape index (κ2) is 3.58. The van der Waals surface area contributed by atoms with Crippen molar-refractivity contribution in [3.8, 4) is 0 Å². The van der Waals surface area contributed by atoms with Crippen LogP contribution in [-0.4, -0.2) is 29.8 Å². The highest BCUT2D eigenvalue weighted by Crippen LogP contribution is 2.13. The molecule has 4 heteroatoms. The number of oxazole rings is 1. The number of aromatic nitrogens is 1. The molecule has 0 saturated heterocycles. The van der Waals surface area contributed by atoms with Gasteiger partial charge in [0.15, 0.2) is 0 Å². The van der Waals surface area contributed by atoms with Crippen molar-refractivity contribution >= 4 is 6.01 Å². The van der Waals surface area contributed by atoms with Gasteiger partial charge in [-0.05, 0) is 13.8 Å². The zero-order valence-corrected chi connectivity index (χ0v) is 7.61. The van der Waals surface area contributed by atoms with E-state index in [0.717, 1.165) is 5.69 Å². The largest absolute Gasteiger partial charge is 0.432 e. The molecule has 0 aliphatic rings. The maximum atomic E-state index is 8.86. The van der Waals surface area contributed by atoms with E-state index in [1.807, 2.05) is 20.9 Å². The van der Waals surface area contributed by atoms with Crippen LogP contribution in [0.25, 0.3) is 0 Å². The third-order valence-corrected chi connectivity index (χ3v) is 1.83. The number of hydrogen-bond donors (Lipinski definition) is 1. The number of aliphatic hydroxyl groups excluding tert-OH is 1. The van der Waals surface area contributed by atoms with E-state index in [0.29, 0.717) is 6.01 Å². The van der Waals surface area contributed by atoms with Crippen LogP contribution in [0.4, 0.5) is 6.01 Å². The van der Waals surface area contributed by atoms with Crippen LogP contribution in [0, 0.1) is 6.92 Å². The van der Waals surface area contributed by atoms with E-state index >= 15 is 0 Å². The Morgan fingerprint density at radius 2 is 2.42 bits per heavy atom. The summed E-state index contributed by atoms with van der Waals surface area (Å²) >= 11 is 0. The van der Waals surface area contributed by atoms with Crippen LogP contribution in [0.3, 0.4) is 0 Å². The number of aliphatic hydroxyl groups is 1. The molecule has 4 nitrogen and oxygen atoms in total. The van der Waals surface area contributed by atoms with E-state index in [1.165, 1.54) is 0 Å². The highest BCUT2D eigenvalue weighted by molar-refractivity contribution is 5.26. The van der Waals surface area contributed by atoms with Crippen molar-refractivity contribution in [2.24, 2.45) is 0 Å². The summed E-state index contributed by atoms with van der Waals surface area (Å²) in [5.41, 5.74) is 0.849. The molecule has 0 saturated carbocycles. The molecule has 0 aliphatic heterocycles. The van der Waals surface area contributed by atoms with Crippen molar-refractivity contribution in [1.29, 1.82) is 0 Å². The smallest absolute Gasteiger partial charge is 0.297 e. The molecular formula is C8H14N2O2. The number of rotatable bonds is 3. The van der Waals surface area contributed by atoms with Crippen LogP contribution in [0.5, 0.6) is 0 Å². The van der Waals surface area contributed by atoms with Crippen LogP contribution in [-0.2, 0) is 0 Å². The fourth-order valence-corrected chi connectivity index (χ4v) is 0.815. The van der Waals surface area contributed by atoms with Gasteiger partial charge in [-0.25, -0.2) is 0 Å².